The largest absolute Gasteiger partial charge is 0.505 e. The molecular formula is C102H70BrClF4N4O18S4. The van der Waals surface area contributed by atoms with Crippen LogP contribution in [0, 0.1) is 5.82 Å². The summed E-state index contributed by atoms with van der Waals surface area (Å²) in [5.74, 6) is -1.10. The number of fused-ring (bicyclic) bond motifs is 8. The number of ether oxygens (including phenoxy) is 2. The summed E-state index contributed by atoms with van der Waals surface area (Å²) in [6, 6.07) is 83.1. The normalized spacial score (nSPS) is 11.4. The number of alkyl halides is 3. The van der Waals surface area contributed by atoms with E-state index in [1.165, 1.54) is 57.7 Å². The molecule has 19 rings (SSSR count). The average molecular weight is 1960 g/mol. The van der Waals surface area contributed by atoms with Gasteiger partial charge in [0.15, 0.2) is 34.2 Å². The number of hydrogen-bond acceptors (Lipinski definition) is 22. The molecule has 0 aliphatic heterocycles. The molecule has 0 fully saturated rings. The number of aromatic hydroxyl groups is 4. The van der Waals surface area contributed by atoms with Crippen LogP contribution in [-0.4, -0.2) is 52.9 Å². The van der Waals surface area contributed by atoms with E-state index in [0.717, 1.165) is 62.5 Å². The van der Waals surface area contributed by atoms with Gasteiger partial charge in [0.25, 0.3) is 22.2 Å². The lowest BCUT2D eigenvalue weighted by Crippen LogP contribution is -2.24. The Hall–Kier alpha value is -14.7. The highest BCUT2D eigenvalue weighted by Crippen LogP contribution is 2.46. The molecule has 8 aromatic heterocycles. The molecule has 0 radical (unpaired) electrons. The molecule has 0 aliphatic rings. The smallest absolute Gasteiger partial charge is 0.417 e. The maximum absolute atomic E-state index is 13.7. The Kier molecular flexibility index (Phi) is 27.5. The predicted molar refractivity (Wildman–Crippen MR) is 515 cm³/mol. The Morgan fingerprint density at radius 2 is 0.888 bits per heavy atom. The molecule has 0 saturated heterocycles. The van der Waals surface area contributed by atoms with Gasteiger partial charge in [-0.3, -0.25) is 23.7 Å². The minimum Gasteiger partial charge on any atom is -0.505 e. The van der Waals surface area contributed by atoms with E-state index in [-0.39, 0.29) is 94.1 Å². The second-order valence-electron chi connectivity index (χ2n) is 29.9. The lowest BCUT2D eigenvalue weighted by Gasteiger charge is -2.18. The third kappa shape index (κ3) is 19.2. The van der Waals surface area contributed by atoms with Crippen molar-refractivity contribution in [3.63, 3.8) is 0 Å². The first-order valence-corrected chi connectivity index (χ1v) is 45.1. The third-order valence-electron chi connectivity index (χ3n) is 21.1. The third-order valence-corrected chi connectivity index (χ3v) is 26.2. The zero-order valence-electron chi connectivity index (χ0n) is 70.5. The molecule has 8 heterocycles. The molecule has 0 spiro atoms. The Labute approximate surface area is 785 Å². The van der Waals surface area contributed by atoms with Gasteiger partial charge in [0.05, 0.1) is 55.3 Å². The zero-order valence-corrected chi connectivity index (χ0v) is 76.1. The van der Waals surface area contributed by atoms with E-state index in [2.05, 4.69) is 15.9 Å². The SMILES string of the molecule is CC(C)n1c(-c2ccccc2)cc2oc(=O)c(Sc3cccc(Cl)c3)c(O)c2c1=O.COc1cccc(Cn2c(=O)c3c(O)c(Sc4cccc(Br)c4)c(=O)oc3c3ccccc32)c1.COc1ccccc1Cn1c(=O)c2c(O)c(Sc3ccc(F)cc3)c(=O)oc2c2ccccc21.O=c1oc2cc(-c3ccccc3)n(-c3ccccc3)c(=O)c2c(O)c1Sc1ccccc1C(F)(F)F. The van der Waals surface area contributed by atoms with Gasteiger partial charge in [-0.25, -0.2) is 23.6 Å². The Morgan fingerprint density at radius 1 is 0.425 bits per heavy atom. The van der Waals surface area contributed by atoms with Crippen LogP contribution in [0.5, 0.6) is 34.5 Å². The Bertz CT molecular complexity index is 8330. The van der Waals surface area contributed by atoms with E-state index in [1.54, 1.807) is 163 Å². The van der Waals surface area contributed by atoms with E-state index in [4.69, 9.17) is 38.7 Å². The molecule has 0 saturated carbocycles. The molecule has 134 heavy (non-hydrogen) atoms. The second kappa shape index (κ2) is 39.8. The van der Waals surface area contributed by atoms with Gasteiger partial charge in [-0.2, -0.15) is 13.2 Å². The van der Waals surface area contributed by atoms with E-state index < -0.39 is 78.7 Å². The van der Waals surface area contributed by atoms with Crippen LogP contribution in [0.25, 0.3) is 93.9 Å². The van der Waals surface area contributed by atoms with Crippen molar-refractivity contribution in [1.82, 2.24) is 18.3 Å². The number of hydrogen-bond donors (Lipinski definition) is 4. The molecular weight excluding hydrogens is 1890 g/mol. The van der Waals surface area contributed by atoms with E-state index >= 15 is 0 Å². The molecule has 22 nitrogen and oxygen atoms in total. The number of nitrogens with zero attached hydrogens (tertiary/aromatic N) is 4. The molecule has 0 amide bonds. The van der Waals surface area contributed by atoms with Crippen LogP contribution >= 0.6 is 74.6 Å². The lowest BCUT2D eigenvalue weighted by atomic mass is 10.1. The molecule has 0 unspecified atom stereocenters. The van der Waals surface area contributed by atoms with Gasteiger partial charge in [0.1, 0.15) is 69.6 Å². The molecule has 19 aromatic rings. The van der Waals surface area contributed by atoms with Crippen LogP contribution in [-0.2, 0) is 19.3 Å². The fourth-order valence-corrected chi connectivity index (χ4v) is 19.4. The van der Waals surface area contributed by atoms with E-state index in [1.807, 2.05) is 117 Å². The first kappa shape index (κ1) is 92.5. The summed E-state index contributed by atoms with van der Waals surface area (Å²) < 4.78 is 93.4. The number of halogens is 6. The highest BCUT2D eigenvalue weighted by Gasteiger charge is 2.35. The van der Waals surface area contributed by atoms with Crippen molar-refractivity contribution in [1.29, 1.82) is 0 Å². The highest BCUT2D eigenvalue weighted by atomic mass is 79.9. The second-order valence-corrected chi connectivity index (χ2v) is 35.6. The lowest BCUT2D eigenvalue weighted by molar-refractivity contribution is -0.139. The number of aromatic nitrogens is 4. The zero-order chi connectivity index (χ0) is 94.5. The molecule has 0 bridgehead atoms. The Morgan fingerprint density at radius 3 is 1.44 bits per heavy atom. The summed E-state index contributed by atoms with van der Waals surface area (Å²) in [6.07, 6.45) is -4.68. The van der Waals surface area contributed by atoms with Crippen molar-refractivity contribution in [2.75, 3.05) is 14.2 Å². The van der Waals surface area contributed by atoms with Crippen molar-refractivity contribution in [3.8, 4) is 62.7 Å². The van der Waals surface area contributed by atoms with Gasteiger partial charge in [-0.05, 0) is 158 Å². The maximum Gasteiger partial charge on any atom is 0.417 e. The van der Waals surface area contributed by atoms with Crippen molar-refractivity contribution in [3.05, 3.63) is 412 Å². The minimum absolute atomic E-state index is 0.0165. The Balaban J connectivity index is 0.000000130. The van der Waals surface area contributed by atoms with Gasteiger partial charge in [-0.15, -0.1) is 0 Å². The van der Waals surface area contributed by atoms with Crippen molar-refractivity contribution in [2.45, 2.75) is 78.3 Å². The maximum atomic E-state index is 13.7. The van der Waals surface area contributed by atoms with Crippen molar-refractivity contribution < 1.29 is 65.1 Å². The summed E-state index contributed by atoms with van der Waals surface area (Å²) in [6.45, 7) is 4.20. The average Bonchev–Trinajstić information content (AvgIpc) is 0.736. The predicted octanol–water partition coefficient (Wildman–Crippen LogP) is 23.1. The fourth-order valence-electron chi connectivity index (χ4n) is 15.0. The quantitative estimate of drug-likeness (QED) is 0.0458. The first-order valence-electron chi connectivity index (χ1n) is 40.6. The summed E-state index contributed by atoms with van der Waals surface area (Å²) in [7, 11) is 3.14. The molecule has 0 aliphatic carbocycles. The van der Waals surface area contributed by atoms with Crippen LogP contribution < -0.4 is 54.2 Å². The van der Waals surface area contributed by atoms with Gasteiger partial charge in [0, 0.05) is 69.3 Å². The summed E-state index contributed by atoms with van der Waals surface area (Å²) in [4.78, 5) is 106. The number of para-hydroxylation sites is 4. The molecule has 32 heteroatoms. The first-order chi connectivity index (χ1) is 64.5. The van der Waals surface area contributed by atoms with Crippen molar-refractivity contribution >= 4 is 140 Å². The van der Waals surface area contributed by atoms with Gasteiger partial charge in [-0.1, -0.05) is 232 Å². The summed E-state index contributed by atoms with van der Waals surface area (Å²) in [5.41, 5.74) is -0.611. The van der Waals surface area contributed by atoms with Gasteiger partial charge >= 0.3 is 28.7 Å². The minimum atomic E-state index is -4.68. The van der Waals surface area contributed by atoms with Gasteiger partial charge < -0.3 is 61.3 Å². The summed E-state index contributed by atoms with van der Waals surface area (Å²) >= 11 is 12.8. The topological polar surface area (TPSA) is 308 Å². The van der Waals surface area contributed by atoms with Crippen LogP contribution in [0.1, 0.15) is 36.6 Å². The van der Waals surface area contributed by atoms with Crippen LogP contribution in [0.2, 0.25) is 5.02 Å². The molecule has 672 valence electrons. The highest BCUT2D eigenvalue weighted by molar-refractivity contribution is 9.10. The van der Waals surface area contributed by atoms with E-state index in [0.29, 0.717) is 87.4 Å². The fraction of sp³-hybridized carbons (Fsp3) is 0.0784. The van der Waals surface area contributed by atoms with Crippen LogP contribution in [0.4, 0.5) is 17.6 Å². The van der Waals surface area contributed by atoms with Crippen LogP contribution in [0.15, 0.2) is 397 Å². The summed E-state index contributed by atoms with van der Waals surface area (Å²) in [5, 5.41) is 45.2. The monoisotopic (exact) mass is 1960 g/mol. The number of methoxy groups -OCH3 is 2. The van der Waals surface area contributed by atoms with Crippen LogP contribution in [0.3, 0.4) is 0 Å². The molecule has 0 atom stereocenters. The standard InChI is InChI=1S/C27H16F3NO4S.C26H18BrNO5S.C26H18FNO5S.C23H18ClNO4S/c28-27(29,30)18-13-7-8-14-21(18)36-24-23(32)22-20(35-26(24)34)15-19(16-9-3-1-4-10-16)31(25(22)33)17-11-5-2-6-12-17;1-32-17-8-4-6-15(12-17)14-28-20-11-3-2-10-19(20)23-21(25(28)30)22(29)24(26(31)33-23)34-18-9-5-7-16(27)13-18;1-32-20-9-5-2-6-15(20)14-28-19-8-4-3-7-18(19)23-21(25(28)30)22(29)24(26(31)33-23)34-17-12-10-16(27)11-13-17;1-13(2)25-17(14-7-4-3-5-8-14)12-18-19(22(25)27)20(26)21(23(28)29-18)30-16-10-6-9-15(24)11-16/h1-15,32H;2*2-13,29H,14H2,1H3;3-13,26H,1-2H3. The number of pyridine rings is 4. The van der Waals surface area contributed by atoms with Gasteiger partial charge in [0.2, 0.25) is 0 Å². The van der Waals surface area contributed by atoms with Crippen molar-refractivity contribution in [2.24, 2.45) is 0 Å². The number of rotatable bonds is 18. The molecule has 11 aromatic carbocycles. The molecule has 4 N–H and O–H groups in total. The number of benzene rings is 11. The van der Waals surface area contributed by atoms with E-state index in [9.17, 15) is 76.3 Å².